The molecular formula is C14H19ClF2N2O2. The molecule has 0 aliphatic carbocycles. The molecule has 0 bridgehead atoms. The molecule has 0 aromatic heterocycles. The number of rotatable bonds is 6. The number of halogens is 3. The van der Waals surface area contributed by atoms with Gasteiger partial charge in [0.2, 0.25) is 5.91 Å². The summed E-state index contributed by atoms with van der Waals surface area (Å²) in [4.78, 5) is 11.8. The maximum absolute atomic E-state index is 12.3. The number of carbonyl (C=O) groups excluding carboxylic acids is 1. The highest BCUT2D eigenvalue weighted by atomic mass is 35.5. The van der Waals surface area contributed by atoms with Crippen LogP contribution in [-0.4, -0.2) is 25.6 Å². The number of para-hydroxylation sites is 1. The molecular weight excluding hydrogens is 302 g/mol. The summed E-state index contributed by atoms with van der Waals surface area (Å²) in [5.74, 6) is 0.401. The molecule has 1 atom stereocenters. The normalized spacial score (nSPS) is 17.4. The summed E-state index contributed by atoms with van der Waals surface area (Å²) in [5.41, 5.74) is 0.547. The SMILES string of the molecule is Cl.O=C(CC1CCNC1)NCc1ccccc1OC(F)F. The maximum Gasteiger partial charge on any atom is 0.387 e. The zero-order chi connectivity index (χ0) is 14.4. The Bertz CT molecular complexity index is 454. The number of amides is 1. The van der Waals surface area contributed by atoms with E-state index in [-0.39, 0.29) is 30.6 Å². The van der Waals surface area contributed by atoms with Crippen molar-refractivity contribution in [1.29, 1.82) is 0 Å². The summed E-state index contributed by atoms with van der Waals surface area (Å²) in [6, 6.07) is 6.47. The van der Waals surface area contributed by atoms with Gasteiger partial charge in [0.05, 0.1) is 0 Å². The largest absolute Gasteiger partial charge is 0.434 e. The van der Waals surface area contributed by atoms with Gasteiger partial charge in [0.1, 0.15) is 5.75 Å². The van der Waals surface area contributed by atoms with E-state index < -0.39 is 6.61 Å². The van der Waals surface area contributed by atoms with Crippen molar-refractivity contribution in [3.8, 4) is 5.75 Å². The zero-order valence-corrected chi connectivity index (χ0v) is 12.3. The van der Waals surface area contributed by atoms with Crippen molar-refractivity contribution in [3.63, 3.8) is 0 Å². The Morgan fingerprint density at radius 1 is 1.43 bits per heavy atom. The van der Waals surface area contributed by atoms with Crippen molar-refractivity contribution < 1.29 is 18.3 Å². The lowest BCUT2D eigenvalue weighted by Crippen LogP contribution is -2.26. The van der Waals surface area contributed by atoms with Gasteiger partial charge in [-0.1, -0.05) is 18.2 Å². The number of carbonyl (C=O) groups is 1. The van der Waals surface area contributed by atoms with Crippen LogP contribution in [-0.2, 0) is 11.3 Å². The third kappa shape index (κ3) is 5.85. The molecule has 7 heteroatoms. The van der Waals surface area contributed by atoms with Crippen LogP contribution in [0.1, 0.15) is 18.4 Å². The van der Waals surface area contributed by atoms with Crippen molar-refractivity contribution in [3.05, 3.63) is 29.8 Å². The number of alkyl halides is 2. The molecule has 118 valence electrons. The first kappa shape index (κ1) is 17.7. The average molecular weight is 321 g/mol. The molecule has 21 heavy (non-hydrogen) atoms. The van der Waals surface area contributed by atoms with E-state index in [1.54, 1.807) is 18.2 Å². The summed E-state index contributed by atoms with van der Waals surface area (Å²) in [6.07, 6.45) is 1.46. The first-order valence-corrected chi connectivity index (χ1v) is 6.65. The number of benzene rings is 1. The summed E-state index contributed by atoms with van der Waals surface area (Å²) < 4.78 is 28.9. The Morgan fingerprint density at radius 3 is 2.86 bits per heavy atom. The number of ether oxygens (including phenoxy) is 1. The van der Waals surface area contributed by atoms with Gasteiger partial charge in [0.25, 0.3) is 0 Å². The highest BCUT2D eigenvalue weighted by Crippen LogP contribution is 2.20. The highest BCUT2D eigenvalue weighted by Gasteiger charge is 2.18. The van der Waals surface area contributed by atoms with E-state index in [2.05, 4.69) is 15.4 Å². The lowest BCUT2D eigenvalue weighted by molar-refractivity contribution is -0.122. The Hall–Kier alpha value is -1.40. The third-order valence-corrected chi connectivity index (χ3v) is 3.30. The van der Waals surface area contributed by atoms with E-state index in [1.165, 1.54) is 6.07 Å². The van der Waals surface area contributed by atoms with Crippen LogP contribution in [0, 0.1) is 5.92 Å². The average Bonchev–Trinajstić information content (AvgIpc) is 2.90. The van der Waals surface area contributed by atoms with Crippen LogP contribution < -0.4 is 15.4 Å². The van der Waals surface area contributed by atoms with Gasteiger partial charge in [-0.3, -0.25) is 4.79 Å². The smallest absolute Gasteiger partial charge is 0.387 e. The minimum Gasteiger partial charge on any atom is -0.434 e. The van der Waals surface area contributed by atoms with E-state index in [9.17, 15) is 13.6 Å². The Kier molecular flexibility index (Phi) is 7.39. The Labute approximate surface area is 128 Å². The first-order chi connectivity index (χ1) is 9.65. The van der Waals surface area contributed by atoms with Gasteiger partial charge in [-0.15, -0.1) is 12.4 Å². The molecule has 1 unspecified atom stereocenters. The van der Waals surface area contributed by atoms with E-state index in [1.807, 2.05) is 0 Å². The van der Waals surface area contributed by atoms with Crippen LogP contribution in [0.5, 0.6) is 5.75 Å². The van der Waals surface area contributed by atoms with Gasteiger partial charge in [0, 0.05) is 18.5 Å². The minimum absolute atomic E-state index is 0. The van der Waals surface area contributed by atoms with Gasteiger partial charge in [-0.2, -0.15) is 8.78 Å². The molecule has 1 aromatic carbocycles. The van der Waals surface area contributed by atoms with E-state index in [0.717, 1.165) is 19.5 Å². The van der Waals surface area contributed by atoms with E-state index in [4.69, 9.17) is 0 Å². The standard InChI is InChI=1S/C14H18F2N2O2.ClH/c15-14(16)20-12-4-2-1-3-11(12)9-18-13(19)7-10-5-6-17-8-10;/h1-4,10,14,17H,5-9H2,(H,18,19);1H. The highest BCUT2D eigenvalue weighted by molar-refractivity contribution is 5.85. The molecule has 1 aliphatic rings. The molecule has 0 saturated carbocycles. The molecule has 1 heterocycles. The Morgan fingerprint density at radius 2 is 2.19 bits per heavy atom. The fraction of sp³-hybridized carbons (Fsp3) is 0.500. The zero-order valence-electron chi connectivity index (χ0n) is 11.5. The van der Waals surface area contributed by atoms with Crippen molar-refractivity contribution in [1.82, 2.24) is 10.6 Å². The predicted molar refractivity (Wildman–Crippen MR) is 77.8 cm³/mol. The number of hydrogen-bond donors (Lipinski definition) is 2. The van der Waals surface area contributed by atoms with Gasteiger partial charge < -0.3 is 15.4 Å². The van der Waals surface area contributed by atoms with Crippen LogP contribution >= 0.6 is 12.4 Å². The van der Waals surface area contributed by atoms with Gasteiger partial charge in [-0.25, -0.2) is 0 Å². The second kappa shape index (κ2) is 8.79. The quantitative estimate of drug-likeness (QED) is 0.846. The topological polar surface area (TPSA) is 50.4 Å². The molecule has 0 radical (unpaired) electrons. The maximum atomic E-state index is 12.3. The molecule has 1 aromatic rings. The fourth-order valence-corrected chi connectivity index (χ4v) is 2.28. The molecule has 1 aliphatic heterocycles. The molecule has 4 nitrogen and oxygen atoms in total. The summed E-state index contributed by atoms with van der Waals surface area (Å²) >= 11 is 0. The molecule has 1 amide bonds. The minimum atomic E-state index is -2.86. The van der Waals surface area contributed by atoms with E-state index in [0.29, 0.717) is 17.9 Å². The van der Waals surface area contributed by atoms with Crippen molar-refractivity contribution >= 4 is 18.3 Å². The summed E-state index contributed by atoms with van der Waals surface area (Å²) in [6.45, 7) is -0.861. The molecule has 0 spiro atoms. The molecule has 2 rings (SSSR count). The second-order valence-corrected chi connectivity index (χ2v) is 4.83. The van der Waals surface area contributed by atoms with Crippen molar-refractivity contribution in [2.45, 2.75) is 26.0 Å². The van der Waals surface area contributed by atoms with Gasteiger partial charge in [0.15, 0.2) is 0 Å². The van der Waals surface area contributed by atoms with Crippen LogP contribution in [0.4, 0.5) is 8.78 Å². The first-order valence-electron chi connectivity index (χ1n) is 6.65. The molecule has 1 fully saturated rings. The predicted octanol–water partition coefficient (Wildman–Crippen LogP) is 2.33. The van der Waals surface area contributed by atoms with Crippen LogP contribution in [0.3, 0.4) is 0 Å². The van der Waals surface area contributed by atoms with E-state index >= 15 is 0 Å². The lowest BCUT2D eigenvalue weighted by atomic mass is 10.0. The van der Waals surface area contributed by atoms with Gasteiger partial charge in [-0.05, 0) is 31.5 Å². The molecule has 2 N–H and O–H groups in total. The fourth-order valence-electron chi connectivity index (χ4n) is 2.28. The lowest BCUT2D eigenvalue weighted by Gasteiger charge is -2.12. The van der Waals surface area contributed by atoms with Crippen LogP contribution in [0.25, 0.3) is 0 Å². The van der Waals surface area contributed by atoms with Crippen LogP contribution in [0.15, 0.2) is 24.3 Å². The van der Waals surface area contributed by atoms with Crippen molar-refractivity contribution in [2.24, 2.45) is 5.92 Å². The second-order valence-electron chi connectivity index (χ2n) is 4.83. The van der Waals surface area contributed by atoms with Gasteiger partial charge >= 0.3 is 6.61 Å². The number of hydrogen-bond acceptors (Lipinski definition) is 3. The van der Waals surface area contributed by atoms with Crippen LogP contribution in [0.2, 0.25) is 0 Å². The summed E-state index contributed by atoms with van der Waals surface area (Å²) in [7, 11) is 0. The summed E-state index contributed by atoms with van der Waals surface area (Å²) in [5, 5.41) is 5.95. The number of nitrogens with one attached hydrogen (secondary N) is 2. The third-order valence-electron chi connectivity index (χ3n) is 3.30. The molecule has 1 saturated heterocycles. The Balaban J connectivity index is 0.00000220. The monoisotopic (exact) mass is 320 g/mol. The van der Waals surface area contributed by atoms with Crippen molar-refractivity contribution in [2.75, 3.05) is 13.1 Å².